The molecule has 2 aliphatic rings. The predicted molar refractivity (Wildman–Crippen MR) is 192 cm³/mol. The number of aromatic nitrogens is 3. The van der Waals surface area contributed by atoms with Gasteiger partial charge >= 0.3 is 0 Å². The predicted octanol–water partition coefficient (Wildman–Crippen LogP) is 4.87. The van der Waals surface area contributed by atoms with Gasteiger partial charge in [-0.15, -0.1) is 0 Å². The van der Waals surface area contributed by atoms with Crippen LogP contribution >= 0.6 is 0 Å². The van der Waals surface area contributed by atoms with Gasteiger partial charge in [-0.05, 0) is 61.6 Å². The van der Waals surface area contributed by atoms with Gasteiger partial charge in [0.1, 0.15) is 18.4 Å². The number of Topliss-reactive ketones (excluding diaryl/α,β-unsaturated/α-hetero) is 1. The second-order valence-corrected chi connectivity index (χ2v) is 12.8. The number of unbranched alkanes of at least 4 members (excludes halogenated alkanes) is 2. The van der Waals surface area contributed by atoms with Gasteiger partial charge in [-0.2, -0.15) is 0 Å². The lowest BCUT2D eigenvalue weighted by Crippen LogP contribution is -2.51. The lowest BCUT2D eigenvalue weighted by atomic mass is 10.0. The Morgan fingerprint density at radius 3 is 2.60 bits per heavy atom. The highest BCUT2D eigenvalue weighted by atomic mass is 16.5. The Kier molecular flexibility index (Phi) is 9.74. The molecular weight excluding hydrogens is 664 g/mol. The number of H-pyrrole nitrogens is 1. The lowest BCUT2D eigenvalue weighted by Gasteiger charge is -2.29. The van der Waals surface area contributed by atoms with Crippen molar-refractivity contribution in [1.29, 1.82) is 0 Å². The standard InChI is InChI=1S/C39H36N6O7/c1-23-9-13-32(37(48)43-23)45-38(49)28-7-5-8-33(36(28)39(45)50)51-21-26(46)6-3-2-4-16-41-34(47)22-52-35-14-11-25(19-42-35)24-10-12-27-29-20-40-17-15-30(29)44-31(27)18-24/h5,7-8,10-12,14-15,17-20,32,44H,1-4,6,9,13,16,21-22H2,(H,41,47)(H,43,48). The van der Waals surface area contributed by atoms with E-state index in [1.165, 1.54) is 12.1 Å². The van der Waals surface area contributed by atoms with E-state index >= 15 is 0 Å². The number of rotatable bonds is 14. The molecule has 5 heterocycles. The maximum Gasteiger partial charge on any atom is 0.266 e. The van der Waals surface area contributed by atoms with Gasteiger partial charge in [0.25, 0.3) is 17.7 Å². The molecule has 4 amide bonds. The number of fused-ring (bicyclic) bond motifs is 4. The number of carbonyl (C=O) groups excluding carboxylic acids is 5. The van der Waals surface area contributed by atoms with Crippen molar-refractivity contribution in [2.75, 3.05) is 19.8 Å². The molecule has 1 unspecified atom stereocenters. The third-order valence-electron chi connectivity index (χ3n) is 9.21. The number of hydrogen-bond acceptors (Lipinski definition) is 9. The monoisotopic (exact) mass is 700 g/mol. The molecule has 5 aromatic rings. The van der Waals surface area contributed by atoms with E-state index in [0.29, 0.717) is 50.2 Å². The molecule has 52 heavy (non-hydrogen) atoms. The molecule has 0 bridgehead atoms. The fourth-order valence-corrected chi connectivity index (χ4v) is 6.52. The van der Waals surface area contributed by atoms with Crippen LogP contribution in [0.15, 0.2) is 85.5 Å². The summed E-state index contributed by atoms with van der Waals surface area (Å²) in [5, 5.41) is 7.59. The summed E-state index contributed by atoms with van der Waals surface area (Å²) >= 11 is 0. The van der Waals surface area contributed by atoms with Crippen molar-refractivity contribution in [3.63, 3.8) is 0 Å². The van der Waals surface area contributed by atoms with Crippen molar-refractivity contribution < 1.29 is 33.4 Å². The van der Waals surface area contributed by atoms with Crippen molar-refractivity contribution in [2.24, 2.45) is 0 Å². The number of aromatic amines is 1. The Labute approximate surface area is 298 Å². The summed E-state index contributed by atoms with van der Waals surface area (Å²) in [6, 6.07) is 15.4. The number of nitrogens with zero attached hydrogens (tertiary/aromatic N) is 3. The Hall–Kier alpha value is -6.37. The largest absolute Gasteiger partial charge is 0.485 e. The number of imide groups is 1. The van der Waals surface area contributed by atoms with Crippen LogP contribution in [0.4, 0.5) is 0 Å². The van der Waals surface area contributed by atoms with E-state index in [2.05, 4.69) is 44.3 Å². The zero-order valence-electron chi connectivity index (χ0n) is 28.3. The van der Waals surface area contributed by atoms with E-state index in [9.17, 15) is 24.0 Å². The molecule has 7 rings (SSSR count). The molecule has 264 valence electrons. The first-order valence-corrected chi connectivity index (χ1v) is 17.1. The fraction of sp³-hybridized carbons (Fsp3) is 0.256. The van der Waals surface area contributed by atoms with Gasteiger partial charge in [-0.3, -0.25) is 33.9 Å². The molecular formula is C39H36N6O7. The van der Waals surface area contributed by atoms with E-state index in [-0.39, 0.29) is 48.2 Å². The first kappa shape index (κ1) is 34.1. The van der Waals surface area contributed by atoms with Crippen LogP contribution in [0, 0.1) is 0 Å². The summed E-state index contributed by atoms with van der Waals surface area (Å²) in [5.41, 5.74) is 4.70. The van der Waals surface area contributed by atoms with Gasteiger partial charge in [0.15, 0.2) is 12.4 Å². The Morgan fingerprint density at radius 2 is 1.77 bits per heavy atom. The SMILES string of the molecule is C=C1CCC(N2C(=O)c3cccc(OCC(=O)CCCCCNC(=O)COc4ccc(-c5ccc6c(c5)[nH]c5ccncc56)cn4)c3C2=O)C(=O)N1. The van der Waals surface area contributed by atoms with Crippen LogP contribution in [-0.2, 0) is 14.4 Å². The molecule has 0 spiro atoms. The number of ether oxygens (including phenoxy) is 2. The summed E-state index contributed by atoms with van der Waals surface area (Å²) in [4.78, 5) is 76.6. The van der Waals surface area contributed by atoms with Crippen LogP contribution in [0.1, 0.15) is 59.2 Å². The fourth-order valence-electron chi connectivity index (χ4n) is 6.52. The average molecular weight is 701 g/mol. The number of pyridine rings is 2. The van der Waals surface area contributed by atoms with Crippen molar-refractivity contribution in [3.05, 3.63) is 96.6 Å². The van der Waals surface area contributed by atoms with Crippen molar-refractivity contribution >= 4 is 51.2 Å². The Balaban J connectivity index is 0.797. The molecule has 0 aliphatic carbocycles. The molecule has 1 fully saturated rings. The molecule has 0 radical (unpaired) electrons. The molecule has 3 N–H and O–H groups in total. The van der Waals surface area contributed by atoms with Crippen LogP contribution in [0.3, 0.4) is 0 Å². The number of benzene rings is 2. The van der Waals surface area contributed by atoms with Gasteiger partial charge in [0.05, 0.1) is 11.1 Å². The quantitative estimate of drug-likeness (QED) is 0.108. The number of nitrogens with one attached hydrogen (secondary N) is 3. The van der Waals surface area contributed by atoms with E-state index in [1.54, 1.807) is 24.5 Å². The van der Waals surface area contributed by atoms with Crippen LogP contribution in [0.25, 0.3) is 32.9 Å². The minimum atomic E-state index is -0.933. The number of piperidine rings is 1. The van der Waals surface area contributed by atoms with Crippen LogP contribution in [0.2, 0.25) is 0 Å². The second-order valence-electron chi connectivity index (χ2n) is 12.8. The number of allylic oxidation sites excluding steroid dienone is 1. The summed E-state index contributed by atoms with van der Waals surface area (Å²) < 4.78 is 11.3. The van der Waals surface area contributed by atoms with Crippen LogP contribution < -0.4 is 20.1 Å². The molecule has 2 aliphatic heterocycles. The second kappa shape index (κ2) is 14.9. The van der Waals surface area contributed by atoms with E-state index in [0.717, 1.165) is 37.8 Å². The molecule has 0 saturated carbocycles. The lowest BCUT2D eigenvalue weighted by molar-refractivity contribution is -0.125. The topological polar surface area (TPSA) is 173 Å². The summed E-state index contributed by atoms with van der Waals surface area (Å²) in [5.74, 6) is -1.60. The highest BCUT2D eigenvalue weighted by molar-refractivity contribution is 6.24. The maximum atomic E-state index is 13.2. The first-order chi connectivity index (χ1) is 25.3. The minimum Gasteiger partial charge on any atom is -0.485 e. The summed E-state index contributed by atoms with van der Waals surface area (Å²) in [6.45, 7) is 3.74. The van der Waals surface area contributed by atoms with Crippen molar-refractivity contribution in [2.45, 2.75) is 44.6 Å². The molecule has 13 nitrogen and oxygen atoms in total. The maximum absolute atomic E-state index is 13.2. The van der Waals surface area contributed by atoms with Crippen LogP contribution in [-0.4, -0.2) is 75.1 Å². The molecule has 13 heteroatoms. The molecule has 2 aromatic carbocycles. The number of carbonyl (C=O) groups is 5. The number of amides is 4. The van der Waals surface area contributed by atoms with Crippen molar-refractivity contribution in [3.8, 4) is 22.8 Å². The average Bonchev–Trinajstić information content (AvgIpc) is 3.65. The Bertz CT molecular complexity index is 2230. The van der Waals surface area contributed by atoms with Gasteiger partial charge < -0.3 is 25.1 Å². The number of ketones is 1. The third kappa shape index (κ3) is 7.11. The van der Waals surface area contributed by atoms with E-state index in [1.807, 2.05) is 24.4 Å². The van der Waals surface area contributed by atoms with E-state index < -0.39 is 23.8 Å². The van der Waals surface area contributed by atoms with Gasteiger partial charge in [0.2, 0.25) is 11.8 Å². The molecule has 3 aromatic heterocycles. The summed E-state index contributed by atoms with van der Waals surface area (Å²) in [7, 11) is 0. The van der Waals surface area contributed by atoms with Gasteiger partial charge in [-0.25, -0.2) is 4.98 Å². The molecule has 1 saturated heterocycles. The van der Waals surface area contributed by atoms with Crippen LogP contribution in [0.5, 0.6) is 11.6 Å². The Morgan fingerprint density at radius 1 is 0.904 bits per heavy atom. The van der Waals surface area contributed by atoms with Crippen molar-refractivity contribution in [1.82, 2.24) is 30.5 Å². The van der Waals surface area contributed by atoms with Gasteiger partial charge in [-0.1, -0.05) is 31.2 Å². The minimum absolute atomic E-state index is 0.0581. The third-order valence-corrected chi connectivity index (χ3v) is 9.21. The highest BCUT2D eigenvalue weighted by Crippen LogP contribution is 2.34. The highest BCUT2D eigenvalue weighted by Gasteiger charge is 2.45. The van der Waals surface area contributed by atoms with Gasteiger partial charge in [0, 0.05) is 70.7 Å². The first-order valence-electron chi connectivity index (χ1n) is 17.1. The smallest absolute Gasteiger partial charge is 0.266 e. The normalized spacial score (nSPS) is 15.5. The zero-order chi connectivity index (χ0) is 36.2. The van der Waals surface area contributed by atoms with E-state index in [4.69, 9.17) is 9.47 Å². The zero-order valence-corrected chi connectivity index (χ0v) is 28.3. The summed E-state index contributed by atoms with van der Waals surface area (Å²) in [6.07, 6.45) is 8.29. The molecule has 1 atom stereocenters. The number of hydrogen-bond donors (Lipinski definition) is 3.